The van der Waals surface area contributed by atoms with Crippen LogP contribution in [0, 0.1) is 11.8 Å². The SMILES string of the molecule is O=C(NCC1CNC1)C1CC(=O)N(c2ccc3c(c2)OCCO3)C1. The van der Waals surface area contributed by atoms with E-state index >= 15 is 0 Å². The molecule has 0 spiro atoms. The van der Waals surface area contributed by atoms with Crippen molar-refractivity contribution in [3.8, 4) is 11.5 Å². The van der Waals surface area contributed by atoms with Crippen LogP contribution < -0.4 is 25.0 Å². The normalized spacial score (nSPS) is 23.1. The van der Waals surface area contributed by atoms with Crippen molar-refractivity contribution in [3.63, 3.8) is 0 Å². The highest BCUT2D eigenvalue weighted by atomic mass is 16.6. The highest BCUT2D eigenvalue weighted by molar-refractivity contribution is 6.00. The lowest BCUT2D eigenvalue weighted by molar-refractivity contribution is -0.126. The van der Waals surface area contributed by atoms with Crippen LogP contribution in [0.4, 0.5) is 5.69 Å². The van der Waals surface area contributed by atoms with Crippen LogP contribution in [0.2, 0.25) is 0 Å². The fourth-order valence-electron chi connectivity index (χ4n) is 3.21. The van der Waals surface area contributed by atoms with E-state index in [1.807, 2.05) is 18.2 Å². The lowest BCUT2D eigenvalue weighted by atomic mass is 10.0. The molecule has 0 aromatic heterocycles. The van der Waals surface area contributed by atoms with E-state index in [0.29, 0.717) is 43.7 Å². The number of hydrogen-bond donors (Lipinski definition) is 2. The molecule has 2 amide bonds. The number of nitrogens with one attached hydrogen (secondary N) is 2. The molecule has 3 aliphatic heterocycles. The Kier molecular flexibility index (Phi) is 4.02. The zero-order chi connectivity index (χ0) is 16.5. The molecule has 1 atom stereocenters. The van der Waals surface area contributed by atoms with E-state index in [1.54, 1.807) is 4.90 Å². The number of nitrogens with zero attached hydrogens (tertiary/aromatic N) is 1. The molecule has 0 bridgehead atoms. The molecule has 7 heteroatoms. The molecule has 128 valence electrons. The third-order valence-corrected chi connectivity index (χ3v) is 4.76. The molecule has 0 radical (unpaired) electrons. The Morgan fingerprint density at radius 1 is 1.25 bits per heavy atom. The molecular weight excluding hydrogens is 310 g/mol. The minimum Gasteiger partial charge on any atom is -0.486 e. The van der Waals surface area contributed by atoms with E-state index < -0.39 is 0 Å². The van der Waals surface area contributed by atoms with E-state index in [1.165, 1.54) is 0 Å². The summed E-state index contributed by atoms with van der Waals surface area (Å²) in [7, 11) is 0. The highest BCUT2D eigenvalue weighted by Gasteiger charge is 2.35. The monoisotopic (exact) mass is 331 g/mol. The number of carbonyl (C=O) groups excluding carboxylic acids is 2. The fraction of sp³-hybridized carbons (Fsp3) is 0.529. The molecular formula is C17H21N3O4. The lowest BCUT2D eigenvalue weighted by Gasteiger charge is -2.27. The van der Waals surface area contributed by atoms with Gasteiger partial charge in [0, 0.05) is 50.3 Å². The van der Waals surface area contributed by atoms with Crippen molar-refractivity contribution >= 4 is 17.5 Å². The van der Waals surface area contributed by atoms with E-state index in [-0.39, 0.29) is 24.2 Å². The van der Waals surface area contributed by atoms with Crippen molar-refractivity contribution < 1.29 is 19.1 Å². The van der Waals surface area contributed by atoms with Crippen molar-refractivity contribution in [2.24, 2.45) is 11.8 Å². The topological polar surface area (TPSA) is 79.9 Å². The van der Waals surface area contributed by atoms with Gasteiger partial charge in [0.15, 0.2) is 11.5 Å². The van der Waals surface area contributed by atoms with Crippen LogP contribution in [0.1, 0.15) is 6.42 Å². The van der Waals surface area contributed by atoms with E-state index in [4.69, 9.17) is 9.47 Å². The van der Waals surface area contributed by atoms with Gasteiger partial charge in [0.25, 0.3) is 0 Å². The van der Waals surface area contributed by atoms with E-state index in [0.717, 1.165) is 18.8 Å². The van der Waals surface area contributed by atoms with Gasteiger partial charge >= 0.3 is 0 Å². The Bertz CT molecular complexity index is 659. The van der Waals surface area contributed by atoms with E-state index in [2.05, 4.69) is 10.6 Å². The third-order valence-electron chi connectivity index (χ3n) is 4.76. The quantitative estimate of drug-likeness (QED) is 0.821. The van der Waals surface area contributed by atoms with Crippen LogP contribution in [0.15, 0.2) is 18.2 Å². The molecule has 2 saturated heterocycles. The highest BCUT2D eigenvalue weighted by Crippen LogP contribution is 2.35. The minimum atomic E-state index is -0.293. The van der Waals surface area contributed by atoms with Crippen molar-refractivity contribution in [2.75, 3.05) is 44.3 Å². The predicted molar refractivity (Wildman–Crippen MR) is 87.3 cm³/mol. The van der Waals surface area contributed by atoms with Crippen molar-refractivity contribution in [2.45, 2.75) is 6.42 Å². The van der Waals surface area contributed by atoms with Gasteiger partial charge < -0.3 is 25.0 Å². The first kappa shape index (κ1) is 15.3. The van der Waals surface area contributed by atoms with Gasteiger partial charge in [-0.2, -0.15) is 0 Å². The van der Waals surface area contributed by atoms with E-state index in [9.17, 15) is 9.59 Å². The first-order chi connectivity index (χ1) is 11.7. The van der Waals surface area contributed by atoms with Crippen LogP contribution in [0.5, 0.6) is 11.5 Å². The molecule has 0 aliphatic carbocycles. The summed E-state index contributed by atoms with van der Waals surface area (Å²) in [6, 6.07) is 5.46. The molecule has 2 fully saturated rings. The second-order valence-electron chi connectivity index (χ2n) is 6.50. The third kappa shape index (κ3) is 2.91. The van der Waals surface area contributed by atoms with Gasteiger partial charge in [0.2, 0.25) is 11.8 Å². The maximum absolute atomic E-state index is 12.3. The van der Waals surface area contributed by atoms with Gasteiger partial charge in [-0.3, -0.25) is 9.59 Å². The maximum Gasteiger partial charge on any atom is 0.227 e. The fourth-order valence-corrected chi connectivity index (χ4v) is 3.21. The van der Waals surface area contributed by atoms with Gasteiger partial charge in [-0.05, 0) is 12.1 Å². The van der Waals surface area contributed by atoms with Gasteiger partial charge in [0.1, 0.15) is 13.2 Å². The largest absolute Gasteiger partial charge is 0.486 e. The average Bonchev–Trinajstić information content (AvgIpc) is 2.95. The second kappa shape index (κ2) is 6.32. The Morgan fingerprint density at radius 3 is 2.79 bits per heavy atom. The zero-order valence-corrected chi connectivity index (χ0v) is 13.4. The molecule has 1 aromatic rings. The number of benzene rings is 1. The van der Waals surface area contributed by atoms with Gasteiger partial charge in [0.05, 0.1) is 5.92 Å². The Balaban J connectivity index is 1.41. The van der Waals surface area contributed by atoms with Crippen LogP contribution in [0.3, 0.4) is 0 Å². The van der Waals surface area contributed by atoms with Crippen LogP contribution in [-0.2, 0) is 9.59 Å². The van der Waals surface area contributed by atoms with Crippen LogP contribution in [-0.4, -0.2) is 51.2 Å². The molecule has 1 unspecified atom stereocenters. The van der Waals surface area contributed by atoms with Crippen molar-refractivity contribution in [1.82, 2.24) is 10.6 Å². The summed E-state index contributed by atoms with van der Waals surface area (Å²) < 4.78 is 11.1. The second-order valence-corrected chi connectivity index (χ2v) is 6.50. The summed E-state index contributed by atoms with van der Waals surface area (Å²) in [5, 5.41) is 6.15. The summed E-state index contributed by atoms with van der Waals surface area (Å²) in [5.41, 5.74) is 0.753. The molecule has 7 nitrogen and oxygen atoms in total. The summed E-state index contributed by atoms with van der Waals surface area (Å²) in [6.45, 7) is 4.04. The zero-order valence-electron chi connectivity index (χ0n) is 13.4. The van der Waals surface area contributed by atoms with Crippen molar-refractivity contribution in [3.05, 3.63) is 18.2 Å². The number of amides is 2. The van der Waals surface area contributed by atoms with Crippen LogP contribution in [0.25, 0.3) is 0 Å². The van der Waals surface area contributed by atoms with Gasteiger partial charge in [-0.25, -0.2) is 0 Å². The Morgan fingerprint density at radius 2 is 2.04 bits per heavy atom. The summed E-state index contributed by atoms with van der Waals surface area (Å²) in [6.07, 6.45) is 0.253. The number of anilines is 1. The summed E-state index contributed by atoms with van der Waals surface area (Å²) >= 11 is 0. The molecule has 3 aliphatic rings. The van der Waals surface area contributed by atoms with Crippen LogP contribution >= 0.6 is 0 Å². The van der Waals surface area contributed by atoms with Gasteiger partial charge in [-0.15, -0.1) is 0 Å². The maximum atomic E-state index is 12.3. The smallest absolute Gasteiger partial charge is 0.227 e. The number of rotatable bonds is 4. The molecule has 2 N–H and O–H groups in total. The molecule has 24 heavy (non-hydrogen) atoms. The summed E-state index contributed by atoms with van der Waals surface area (Å²) in [5.74, 6) is 1.50. The lowest BCUT2D eigenvalue weighted by Crippen LogP contribution is -2.49. The number of fused-ring (bicyclic) bond motifs is 1. The molecule has 1 aromatic carbocycles. The molecule has 0 saturated carbocycles. The number of ether oxygens (including phenoxy) is 2. The number of carbonyl (C=O) groups is 2. The number of hydrogen-bond acceptors (Lipinski definition) is 5. The molecule has 4 rings (SSSR count). The Labute approximate surface area is 140 Å². The standard InChI is InChI=1S/C17H21N3O4/c21-16-5-12(17(22)19-9-11-7-18-8-11)10-20(16)13-1-2-14-15(6-13)24-4-3-23-14/h1-2,6,11-12,18H,3-5,7-10H2,(H,19,22). The first-order valence-electron chi connectivity index (χ1n) is 8.39. The predicted octanol–water partition coefficient (Wildman–Crippen LogP) is 0.146. The molecule has 3 heterocycles. The first-order valence-corrected chi connectivity index (χ1v) is 8.39. The minimum absolute atomic E-state index is 0.0304. The summed E-state index contributed by atoms with van der Waals surface area (Å²) in [4.78, 5) is 26.3. The van der Waals surface area contributed by atoms with Crippen molar-refractivity contribution in [1.29, 1.82) is 0 Å². The average molecular weight is 331 g/mol. The van der Waals surface area contributed by atoms with Gasteiger partial charge in [-0.1, -0.05) is 0 Å². The Hall–Kier alpha value is -2.28.